The van der Waals surface area contributed by atoms with Gasteiger partial charge in [-0.15, -0.1) is 0 Å². The van der Waals surface area contributed by atoms with E-state index >= 15 is 0 Å². The van der Waals surface area contributed by atoms with Crippen molar-refractivity contribution in [3.05, 3.63) is 53.5 Å². The Morgan fingerprint density at radius 3 is 2.68 bits per heavy atom. The van der Waals surface area contributed by atoms with E-state index in [4.69, 9.17) is 0 Å². The Kier molecular flexibility index (Phi) is 3.53. The summed E-state index contributed by atoms with van der Waals surface area (Å²) in [6, 6.07) is 10.1. The standard InChI is InChI=1S/C18H21N3O/c1-11(2)13-7-8-15-14(10-13)17(12(3)19-15)20-18(22)16-6-5-9-21(16)4/h5-11,19H,1-4H3,(H,20,22). The van der Waals surface area contributed by atoms with Crippen LogP contribution in [-0.4, -0.2) is 15.5 Å². The molecule has 0 fully saturated rings. The van der Waals surface area contributed by atoms with Crippen LogP contribution in [-0.2, 0) is 7.05 Å². The molecule has 0 spiro atoms. The average Bonchev–Trinajstić information content (AvgIpc) is 3.02. The predicted octanol–water partition coefficient (Wildman–Crippen LogP) is 4.19. The summed E-state index contributed by atoms with van der Waals surface area (Å²) >= 11 is 0. The second kappa shape index (κ2) is 5.37. The smallest absolute Gasteiger partial charge is 0.272 e. The minimum atomic E-state index is -0.0912. The van der Waals surface area contributed by atoms with E-state index in [0.29, 0.717) is 11.6 Å². The normalized spacial score (nSPS) is 11.3. The molecule has 0 radical (unpaired) electrons. The van der Waals surface area contributed by atoms with E-state index in [2.05, 4.69) is 42.3 Å². The minimum absolute atomic E-state index is 0.0912. The number of anilines is 1. The summed E-state index contributed by atoms with van der Waals surface area (Å²) in [6.45, 7) is 6.32. The molecule has 0 saturated carbocycles. The highest BCUT2D eigenvalue weighted by Gasteiger charge is 2.15. The summed E-state index contributed by atoms with van der Waals surface area (Å²) in [4.78, 5) is 15.8. The van der Waals surface area contributed by atoms with Crippen LogP contribution < -0.4 is 5.32 Å². The first-order chi connectivity index (χ1) is 10.5. The molecule has 2 heterocycles. The lowest BCUT2D eigenvalue weighted by molar-refractivity contribution is 0.101. The van der Waals surface area contributed by atoms with Crippen LogP contribution >= 0.6 is 0 Å². The van der Waals surface area contributed by atoms with Gasteiger partial charge in [0.25, 0.3) is 5.91 Å². The molecule has 3 aromatic rings. The van der Waals surface area contributed by atoms with E-state index in [-0.39, 0.29) is 5.91 Å². The molecule has 1 aromatic carbocycles. The summed E-state index contributed by atoms with van der Waals surface area (Å²) in [6.07, 6.45) is 1.87. The van der Waals surface area contributed by atoms with Gasteiger partial charge in [0, 0.05) is 29.8 Å². The molecule has 4 nitrogen and oxygen atoms in total. The first-order valence-corrected chi connectivity index (χ1v) is 7.52. The molecule has 0 aliphatic rings. The van der Waals surface area contributed by atoms with Crippen LogP contribution in [0.1, 0.15) is 41.5 Å². The van der Waals surface area contributed by atoms with Gasteiger partial charge in [-0.3, -0.25) is 4.79 Å². The number of nitrogens with zero attached hydrogens (tertiary/aromatic N) is 1. The second-order valence-electron chi connectivity index (χ2n) is 6.04. The molecule has 0 aliphatic carbocycles. The van der Waals surface area contributed by atoms with Crippen molar-refractivity contribution in [1.82, 2.24) is 9.55 Å². The predicted molar refractivity (Wildman–Crippen MR) is 90.5 cm³/mol. The Hall–Kier alpha value is -2.49. The van der Waals surface area contributed by atoms with E-state index < -0.39 is 0 Å². The molecule has 0 saturated heterocycles. The topological polar surface area (TPSA) is 49.8 Å². The Morgan fingerprint density at radius 2 is 2.05 bits per heavy atom. The second-order valence-corrected chi connectivity index (χ2v) is 6.04. The lowest BCUT2D eigenvalue weighted by Crippen LogP contribution is -2.15. The van der Waals surface area contributed by atoms with Crippen molar-refractivity contribution >= 4 is 22.5 Å². The van der Waals surface area contributed by atoms with Crippen molar-refractivity contribution in [2.24, 2.45) is 7.05 Å². The summed E-state index contributed by atoms with van der Waals surface area (Å²) in [5, 5.41) is 4.11. The number of H-pyrrole nitrogens is 1. The Labute approximate surface area is 130 Å². The van der Waals surface area contributed by atoms with E-state index in [1.54, 1.807) is 0 Å². The SMILES string of the molecule is Cc1[nH]c2ccc(C(C)C)cc2c1NC(=O)c1cccn1C. The number of aromatic amines is 1. The number of carbonyl (C=O) groups is 1. The van der Waals surface area contributed by atoms with Gasteiger partial charge in [0.15, 0.2) is 0 Å². The number of hydrogen-bond acceptors (Lipinski definition) is 1. The molecule has 1 amide bonds. The molecule has 0 atom stereocenters. The average molecular weight is 295 g/mol. The molecule has 0 unspecified atom stereocenters. The minimum Gasteiger partial charge on any atom is -0.357 e. The molecule has 0 bridgehead atoms. The van der Waals surface area contributed by atoms with Crippen LogP contribution in [0, 0.1) is 6.92 Å². The zero-order chi connectivity index (χ0) is 15.9. The molecular weight excluding hydrogens is 274 g/mol. The van der Waals surface area contributed by atoms with Crippen LogP contribution in [0.25, 0.3) is 10.9 Å². The van der Waals surface area contributed by atoms with Crippen LogP contribution in [0.15, 0.2) is 36.5 Å². The van der Waals surface area contributed by atoms with Crippen molar-refractivity contribution in [3.8, 4) is 0 Å². The van der Waals surface area contributed by atoms with Gasteiger partial charge in [0.1, 0.15) is 5.69 Å². The van der Waals surface area contributed by atoms with Gasteiger partial charge in [0.2, 0.25) is 0 Å². The van der Waals surface area contributed by atoms with Crippen LogP contribution in [0.2, 0.25) is 0 Å². The molecular formula is C18H21N3O. The van der Waals surface area contributed by atoms with E-state index in [1.807, 2.05) is 36.9 Å². The monoisotopic (exact) mass is 295 g/mol. The van der Waals surface area contributed by atoms with Crippen molar-refractivity contribution in [2.45, 2.75) is 26.7 Å². The lowest BCUT2D eigenvalue weighted by atomic mass is 10.0. The van der Waals surface area contributed by atoms with E-state index in [0.717, 1.165) is 22.3 Å². The van der Waals surface area contributed by atoms with Crippen molar-refractivity contribution in [3.63, 3.8) is 0 Å². The lowest BCUT2D eigenvalue weighted by Gasteiger charge is -2.08. The summed E-state index contributed by atoms with van der Waals surface area (Å²) in [5.74, 6) is 0.363. The van der Waals surface area contributed by atoms with Gasteiger partial charge in [-0.1, -0.05) is 19.9 Å². The largest absolute Gasteiger partial charge is 0.357 e. The summed E-state index contributed by atoms with van der Waals surface area (Å²) in [7, 11) is 1.87. The maximum Gasteiger partial charge on any atom is 0.272 e. The van der Waals surface area contributed by atoms with Crippen molar-refractivity contribution < 1.29 is 4.79 Å². The van der Waals surface area contributed by atoms with Crippen molar-refractivity contribution in [1.29, 1.82) is 0 Å². The molecule has 114 valence electrons. The molecule has 0 aliphatic heterocycles. The Balaban J connectivity index is 2.02. The fraction of sp³-hybridized carbons (Fsp3) is 0.278. The third-order valence-corrected chi connectivity index (χ3v) is 4.09. The number of hydrogen-bond donors (Lipinski definition) is 2. The molecule has 22 heavy (non-hydrogen) atoms. The highest BCUT2D eigenvalue weighted by molar-refractivity contribution is 6.09. The quantitative estimate of drug-likeness (QED) is 0.748. The molecule has 2 N–H and O–H groups in total. The molecule has 3 rings (SSSR count). The van der Waals surface area contributed by atoms with Gasteiger partial charge in [-0.25, -0.2) is 0 Å². The zero-order valence-corrected chi connectivity index (χ0v) is 13.4. The number of amides is 1. The summed E-state index contributed by atoms with van der Waals surface area (Å²) < 4.78 is 1.82. The number of rotatable bonds is 3. The number of nitrogens with one attached hydrogen (secondary N) is 2. The Bertz CT molecular complexity index is 839. The molecule has 2 aromatic heterocycles. The van der Waals surface area contributed by atoms with Crippen LogP contribution in [0.5, 0.6) is 0 Å². The van der Waals surface area contributed by atoms with Gasteiger partial charge in [-0.2, -0.15) is 0 Å². The summed E-state index contributed by atoms with van der Waals surface area (Å²) in [5.41, 5.74) is 4.79. The van der Waals surface area contributed by atoms with Gasteiger partial charge in [-0.05, 0) is 42.7 Å². The maximum absolute atomic E-state index is 12.5. The third kappa shape index (κ3) is 2.41. The maximum atomic E-state index is 12.5. The molecule has 4 heteroatoms. The van der Waals surface area contributed by atoms with Gasteiger partial charge >= 0.3 is 0 Å². The fourth-order valence-electron chi connectivity index (χ4n) is 2.74. The fourth-order valence-corrected chi connectivity index (χ4v) is 2.74. The van der Waals surface area contributed by atoms with Crippen LogP contribution in [0.4, 0.5) is 5.69 Å². The van der Waals surface area contributed by atoms with Crippen LogP contribution in [0.3, 0.4) is 0 Å². The number of fused-ring (bicyclic) bond motifs is 1. The highest BCUT2D eigenvalue weighted by Crippen LogP contribution is 2.30. The number of benzene rings is 1. The first-order valence-electron chi connectivity index (χ1n) is 7.52. The van der Waals surface area contributed by atoms with Gasteiger partial charge in [0.05, 0.1) is 5.69 Å². The highest BCUT2D eigenvalue weighted by atomic mass is 16.1. The Morgan fingerprint density at radius 1 is 1.27 bits per heavy atom. The number of carbonyl (C=O) groups excluding carboxylic acids is 1. The van der Waals surface area contributed by atoms with Gasteiger partial charge < -0.3 is 14.9 Å². The van der Waals surface area contributed by atoms with E-state index in [9.17, 15) is 4.79 Å². The third-order valence-electron chi connectivity index (χ3n) is 4.09. The zero-order valence-electron chi connectivity index (χ0n) is 13.4. The van der Waals surface area contributed by atoms with Crippen molar-refractivity contribution in [2.75, 3.05) is 5.32 Å². The number of aromatic nitrogens is 2. The number of aryl methyl sites for hydroxylation is 2. The first kappa shape index (κ1) is 14.4. The van der Waals surface area contributed by atoms with E-state index in [1.165, 1.54) is 5.56 Å².